The minimum atomic E-state index is -0.860. The van der Waals surface area contributed by atoms with Crippen LogP contribution in [0.25, 0.3) is 0 Å². The summed E-state index contributed by atoms with van der Waals surface area (Å²) >= 11 is 3.18. The van der Waals surface area contributed by atoms with Gasteiger partial charge in [0.05, 0.1) is 16.2 Å². The molecule has 1 aromatic heterocycles. The third kappa shape index (κ3) is 2.76. The maximum Gasteiger partial charge on any atom is 0.187 e. The summed E-state index contributed by atoms with van der Waals surface area (Å²) in [4.78, 5) is 11.7. The Morgan fingerprint density at radius 3 is 2.76 bits per heavy atom. The minimum absolute atomic E-state index is 0.0891. The van der Waals surface area contributed by atoms with E-state index in [2.05, 4.69) is 21.0 Å². The normalized spacial score (nSPS) is 10.5. The fourth-order valence-corrected chi connectivity index (χ4v) is 1.70. The second-order valence-electron chi connectivity index (χ2n) is 3.40. The summed E-state index contributed by atoms with van der Waals surface area (Å²) < 4.78 is 28.1. The average Bonchev–Trinajstić information content (AvgIpc) is 2.63. The number of hydrogen-bond donors (Lipinski definition) is 0. The van der Waals surface area contributed by atoms with Gasteiger partial charge < -0.3 is 0 Å². The SMILES string of the molecule is O=C(Cn1cc(Br)cn1)c1ccc(F)cc1F. The van der Waals surface area contributed by atoms with E-state index in [1.807, 2.05) is 0 Å². The number of carbonyl (C=O) groups is 1. The maximum absolute atomic E-state index is 13.3. The summed E-state index contributed by atoms with van der Waals surface area (Å²) in [6.07, 6.45) is 3.12. The Balaban J connectivity index is 2.20. The van der Waals surface area contributed by atoms with Crippen LogP contribution in [0.15, 0.2) is 35.1 Å². The molecule has 2 aromatic rings. The Morgan fingerprint density at radius 1 is 1.41 bits per heavy atom. The van der Waals surface area contributed by atoms with Crippen molar-refractivity contribution >= 4 is 21.7 Å². The Hall–Kier alpha value is -1.56. The van der Waals surface area contributed by atoms with Crippen molar-refractivity contribution in [3.63, 3.8) is 0 Å². The lowest BCUT2D eigenvalue weighted by molar-refractivity contribution is 0.0963. The van der Waals surface area contributed by atoms with Crippen LogP contribution >= 0.6 is 15.9 Å². The van der Waals surface area contributed by atoms with E-state index in [4.69, 9.17) is 0 Å². The Morgan fingerprint density at radius 2 is 2.18 bits per heavy atom. The molecule has 0 radical (unpaired) electrons. The Kier molecular flexibility index (Phi) is 3.33. The molecule has 0 spiro atoms. The third-order valence-corrected chi connectivity index (χ3v) is 2.55. The first-order chi connectivity index (χ1) is 8.06. The monoisotopic (exact) mass is 300 g/mol. The molecule has 3 nitrogen and oxygen atoms in total. The van der Waals surface area contributed by atoms with E-state index in [-0.39, 0.29) is 12.1 Å². The number of rotatable bonds is 3. The first-order valence-corrected chi connectivity index (χ1v) is 5.52. The highest BCUT2D eigenvalue weighted by Gasteiger charge is 2.13. The van der Waals surface area contributed by atoms with Gasteiger partial charge >= 0.3 is 0 Å². The van der Waals surface area contributed by atoms with Crippen LogP contribution in [0.1, 0.15) is 10.4 Å². The molecule has 88 valence electrons. The first kappa shape index (κ1) is 11.9. The first-order valence-electron chi connectivity index (χ1n) is 4.72. The van der Waals surface area contributed by atoms with Gasteiger partial charge in [0.2, 0.25) is 0 Å². The van der Waals surface area contributed by atoms with Crippen molar-refractivity contribution < 1.29 is 13.6 Å². The van der Waals surface area contributed by atoms with E-state index < -0.39 is 17.4 Å². The molecule has 0 aliphatic rings. The predicted molar refractivity (Wildman–Crippen MR) is 60.6 cm³/mol. The predicted octanol–water partition coefficient (Wildman–Crippen LogP) is 2.81. The number of carbonyl (C=O) groups excluding carboxylic acids is 1. The highest BCUT2D eigenvalue weighted by Crippen LogP contribution is 2.12. The van der Waals surface area contributed by atoms with Gasteiger partial charge in [0.25, 0.3) is 0 Å². The summed E-state index contributed by atoms with van der Waals surface area (Å²) in [5.41, 5.74) is -0.141. The smallest absolute Gasteiger partial charge is 0.187 e. The largest absolute Gasteiger partial charge is 0.292 e. The molecular weight excluding hydrogens is 294 g/mol. The molecule has 0 amide bonds. The molecule has 0 saturated carbocycles. The maximum atomic E-state index is 13.3. The number of nitrogens with zero attached hydrogens (tertiary/aromatic N) is 2. The van der Waals surface area contributed by atoms with Gasteiger partial charge in [-0.1, -0.05) is 0 Å². The molecule has 2 rings (SSSR count). The van der Waals surface area contributed by atoms with Gasteiger partial charge in [0.15, 0.2) is 5.78 Å². The van der Waals surface area contributed by atoms with E-state index in [0.717, 1.165) is 16.6 Å². The molecule has 0 unspecified atom stereocenters. The lowest BCUT2D eigenvalue weighted by atomic mass is 10.1. The van der Waals surface area contributed by atoms with Crippen LogP contribution in [0.4, 0.5) is 8.78 Å². The van der Waals surface area contributed by atoms with E-state index in [1.54, 1.807) is 6.20 Å². The van der Waals surface area contributed by atoms with Gasteiger partial charge in [-0.3, -0.25) is 9.48 Å². The van der Waals surface area contributed by atoms with Crippen molar-refractivity contribution in [3.8, 4) is 0 Å². The van der Waals surface area contributed by atoms with Gasteiger partial charge in [0, 0.05) is 12.3 Å². The molecule has 0 saturated heterocycles. The second-order valence-corrected chi connectivity index (χ2v) is 4.32. The molecule has 0 aliphatic carbocycles. The van der Waals surface area contributed by atoms with Gasteiger partial charge in [-0.2, -0.15) is 5.10 Å². The summed E-state index contributed by atoms with van der Waals surface area (Å²) in [5.74, 6) is -2.03. The zero-order chi connectivity index (χ0) is 12.4. The summed E-state index contributed by atoms with van der Waals surface area (Å²) in [6, 6.07) is 2.87. The van der Waals surface area contributed by atoms with Crippen molar-refractivity contribution in [2.24, 2.45) is 0 Å². The minimum Gasteiger partial charge on any atom is -0.292 e. The zero-order valence-electron chi connectivity index (χ0n) is 8.53. The molecule has 0 bridgehead atoms. The Labute approximate surface area is 104 Å². The fourth-order valence-electron chi connectivity index (χ4n) is 1.37. The van der Waals surface area contributed by atoms with Crippen molar-refractivity contribution in [2.45, 2.75) is 6.54 Å². The summed E-state index contributed by atoms with van der Waals surface area (Å²) in [5, 5.41) is 3.88. The lowest BCUT2D eigenvalue weighted by Gasteiger charge is -2.02. The van der Waals surface area contributed by atoms with E-state index >= 15 is 0 Å². The molecule has 0 atom stereocenters. The molecule has 0 N–H and O–H groups in total. The van der Waals surface area contributed by atoms with Crippen molar-refractivity contribution in [1.29, 1.82) is 0 Å². The average molecular weight is 301 g/mol. The molecule has 0 fully saturated rings. The fraction of sp³-hybridized carbons (Fsp3) is 0.0909. The van der Waals surface area contributed by atoms with Crippen LogP contribution in [0, 0.1) is 11.6 Å². The standard InChI is InChI=1S/C11H7BrF2N2O/c12-7-4-15-16(5-7)6-11(17)9-2-1-8(13)3-10(9)14/h1-5H,6H2. The van der Waals surface area contributed by atoms with Crippen LogP contribution in [0.2, 0.25) is 0 Å². The Bertz CT molecular complexity index is 568. The number of Topliss-reactive ketones (excluding diaryl/α,β-unsaturated/α-hetero) is 1. The van der Waals surface area contributed by atoms with Crippen LogP contribution in [-0.2, 0) is 6.54 Å². The summed E-state index contributed by atoms with van der Waals surface area (Å²) in [6.45, 7) is -0.0891. The van der Waals surface area contributed by atoms with Crippen LogP contribution in [-0.4, -0.2) is 15.6 Å². The summed E-state index contributed by atoms with van der Waals surface area (Å²) in [7, 11) is 0. The molecule has 1 heterocycles. The second kappa shape index (κ2) is 4.75. The number of hydrogen-bond acceptors (Lipinski definition) is 2. The van der Waals surface area contributed by atoms with Gasteiger partial charge in [0.1, 0.15) is 18.2 Å². The van der Waals surface area contributed by atoms with Gasteiger partial charge in [-0.05, 0) is 28.1 Å². The highest BCUT2D eigenvalue weighted by molar-refractivity contribution is 9.10. The number of benzene rings is 1. The zero-order valence-corrected chi connectivity index (χ0v) is 10.1. The van der Waals surface area contributed by atoms with E-state index in [0.29, 0.717) is 6.07 Å². The quantitative estimate of drug-likeness (QED) is 0.817. The van der Waals surface area contributed by atoms with Crippen molar-refractivity contribution in [2.75, 3.05) is 0 Å². The van der Waals surface area contributed by atoms with E-state index in [9.17, 15) is 13.6 Å². The topological polar surface area (TPSA) is 34.9 Å². The molecule has 6 heteroatoms. The van der Waals surface area contributed by atoms with Crippen molar-refractivity contribution in [3.05, 3.63) is 52.3 Å². The van der Waals surface area contributed by atoms with Crippen LogP contribution < -0.4 is 0 Å². The van der Waals surface area contributed by atoms with Gasteiger partial charge in [-0.15, -0.1) is 0 Å². The number of ketones is 1. The molecule has 0 aliphatic heterocycles. The number of halogens is 3. The van der Waals surface area contributed by atoms with Gasteiger partial charge in [-0.25, -0.2) is 8.78 Å². The highest BCUT2D eigenvalue weighted by atomic mass is 79.9. The number of aromatic nitrogens is 2. The van der Waals surface area contributed by atoms with Crippen LogP contribution in [0.5, 0.6) is 0 Å². The van der Waals surface area contributed by atoms with Crippen LogP contribution in [0.3, 0.4) is 0 Å². The molecule has 17 heavy (non-hydrogen) atoms. The van der Waals surface area contributed by atoms with E-state index in [1.165, 1.54) is 10.9 Å². The lowest BCUT2D eigenvalue weighted by Crippen LogP contribution is -2.12. The van der Waals surface area contributed by atoms with Crippen molar-refractivity contribution in [1.82, 2.24) is 9.78 Å². The third-order valence-electron chi connectivity index (χ3n) is 2.14. The molecule has 1 aromatic carbocycles. The molecular formula is C11H7BrF2N2O.